The zero-order chi connectivity index (χ0) is 21.5. The smallest absolute Gasteiger partial charge is 0.342 e. The number of benzene rings is 1. The fourth-order valence-electron chi connectivity index (χ4n) is 3.13. The summed E-state index contributed by atoms with van der Waals surface area (Å²) in [4.78, 5) is 50.5. The van der Waals surface area contributed by atoms with E-state index in [0.29, 0.717) is 0 Å². The molecule has 0 spiro atoms. The number of furan rings is 1. The summed E-state index contributed by atoms with van der Waals surface area (Å²) >= 11 is 0. The van der Waals surface area contributed by atoms with E-state index < -0.39 is 23.7 Å². The van der Waals surface area contributed by atoms with E-state index in [-0.39, 0.29) is 45.5 Å². The molecule has 2 aromatic rings. The summed E-state index contributed by atoms with van der Waals surface area (Å²) in [7, 11) is 1.16. The van der Waals surface area contributed by atoms with Gasteiger partial charge in [-0.1, -0.05) is 0 Å². The molecule has 0 fully saturated rings. The van der Waals surface area contributed by atoms with Crippen molar-refractivity contribution in [3.8, 4) is 6.07 Å². The third kappa shape index (κ3) is 3.14. The largest absolute Gasteiger partial charge is 0.465 e. The molecule has 0 unspecified atom stereocenters. The predicted molar refractivity (Wildman–Crippen MR) is 99.5 cm³/mol. The Balaban J connectivity index is 1.93. The molecule has 9 heteroatoms. The molecule has 1 aromatic carbocycles. The number of nitriles is 1. The monoisotopic (exact) mass is 395 g/mol. The van der Waals surface area contributed by atoms with Crippen LogP contribution in [0.2, 0.25) is 0 Å². The Morgan fingerprint density at radius 1 is 1.21 bits per heavy atom. The average molecular weight is 395 g/mol. The molecule has 148 valence electrons. The van der Waals surface area contributed by atoms with E-state index in [2.05, 4.69) is 10.1 Å². The van der Waals surface area contributed by atoms with Crippen LogP contribution in [0.15, 0.2) is 22.6 Å². The number of carbonyl (C=O) groups excluding carboxylic acids is 4. The Kier molecular flexibility index (Phi) is 4.95. The Morgan fingerprint density at radius 3 is 2.45 bits per heavy atom. The number of hydrogen-bond donors (Lipinski definition) is 1. The van der Waals surface area contributed by atoms with E-state index in [1.54, 1.807) is 13.8 Å². The maximum atomic E-state index is 12.6. The number of amides is 3. The van der Waals surface area contributed by atoms with Gasteiger partial charge in [0.2, 0.25) is 5.88 Å². The number of rotatable bonds is 4. The van der Waals surface area contributed by atoms with Crippen molar-refractivity contribution in [3.63, 3.8) is 0 Å². The predicted octanol–water partition coefficient (Wildman–Crippen LogP) is 2.50. The lowest BCUT2D eigenvalue weighted by Crippen LogP contribution is -2.35. The first-order valence-electron chi connectivity index (χ1n) is 8.66. The first-order valence-corrected chi connectivity index (χ1v) is 8.66. The van der Waals surface area contributed by atoms with E-state index in [9.17, 15) is 24.4 Å². The van der Waals surface area contributed by atoms with Crippen molar-refractivity contribution in [2.45, 2.75) is 26.8 Å². The fraction of sp³-hybridized carbons (Fsp3) is 0.250. The van der Waals surface area contributed by atoms with Crippen molar-refractivity contribution in [2.75, 3.05) is 12.4 Å². The molecule has 0 radical (unpaired) electrons. The van der Waals surface area contributed by atoms with Gasteiger partial charge in [-0.3, -0.25) is 24.6 Å². The standard InChI is InChI=1S/C20H17N3O6/c1-9(2)23-18(25)12-6-5-11(7-13(12)19(23)26)16(24)22-17-14(8-21)15(10(3)29-17)20(27)28-4/h5-7,9H,1-4H3,(H,22,24). The number of fused-ring (bicyclic) bond motifs is 1. The van der Waals surface area contributed by atoms with Gasteiger partial charge in [-0.05, 0) is 39.0 Å². The number of aryl methyl sites for hydroxylation is 1. The van der Waals surface area contributed by atoms with Gasteiger partial charge in [-0.25, -0.2) is 4.79 Å². The fourth-order valence-corrected chi connectivity index (χ4v) is 3.13. The molecule has 0 saturated heterocycles. The quantitative estimate of drug-likeness (QED) is 0.622. The molecule has 1 N–H and O–H groups in total. The molecular formula is C20H17N3O6. The summed E-state index contributed by atoms with van der Waals surface area (Å²) in [6.45, 7) is 4.90. The van der Waals surface area contributed by atoms with E-state index in [0.717, 1.165) is 12.0 Å². The Hall–Kier alpha value is -3.93. The van der Waals surface area contributed by atoms with Gasteiger partial charge in [0.25, 0.3) is 17.7 Å². The number of nitrogens with one attached hydrogen (secondary N) is 1. The maximum absolute atomic E-state index is 12.6. The van der Waals surface area contributed by atoms with Crippen LogP contribution < -0.4 is 5.32 Å². The van der Waals surface area contributed by atoms with Crippen molar-refractivity contribution < 1.29 is 28.3 Å². The summed E-state index contributed by atoms with van der Waals surface area (Å²) in [5.41, 5.74) is 0.198. The van der Waals surface area contributed by atoms with Crippen molar-refractivity contribution >= 4 is 29.6 Å². The van der Waals surface area contributed by atoms with Gasteiger partial charge in [0, 0.05) is 11.6 Å². The van der Waals surface area contributed by atoms with Crippen LogP contribution in [0, 0.1) is 18.3 Å². The molecule has 3 rings (SSSR count). The van der Waals surface area contributed by atoms with Gasteiger partial charge in [-0.2, -0.15) is 5.26 Å². The molecule has 1 aliphatic heterocycles. The van der Waals surface area contributed by atoms with Crippen LogP contribution in [0.3, 0.4) is 0 Å². The summed E-state index contributed by atoms with van der Waals surface area (Å²) in [6.07, 6.45) is 0. The SMILES string of the molecule is COC(=O)c1c(C)oc(NC(=O)c2ccc3c(c2)C(=O)N(C(C)C)C3=O)c1C#N. The molecule has 0 saturated carbocycles. The van der Waals surface area contributed by atoms with Gasteiger partial charge < -0.3 is 9.15 Å². The lowest BCUT2D eigenvalue weighted by molar-refractivity contribution is 0.0590. The minimum Gasteiger partial charge on any atom is -0.465 e. The summed E-state index contributed by atoms with van der Waals surface area (Å²) in [5.74, 6) is -2.41. The Bertz CT molecular complexity index is 1110. The highest BCUT2D eigenvalue weighted by molar-refractivity contribution is 6.22. The number of nitrogens with zero attached hydrogens (tertiary/aromatic N) is 2. The zero-order valence-electron chi connectivity index (χ0n) is 16.2. The van der Waals surface area contributed by atoms with Crippen LogP contribution in [0.4, 0.5) is 5.88 Å². The average Bonchev–Trinajstić information content (AvgIpc) is 3.13. The molecule has 1 aromatic heterocycles. The molecule has 0 bridgehead atoms. The van der Waals surface area contributed by atoms with Crippen LogP contribution in [-0.2, 0) is 4.74 Å². The van der Waals surface area contributed by atoms with Gasteiger partial charge in [-0.15, -0.1) is 0 Å². The molecule has 2 heterocycles. The topological polar surface area (TPSA) is 130 Å². The molecule has 9 nitrogen and oxygen atoms in total. The lowest BCUT2D eigenvalue weighted by Gasteiger charge is -2.17. The normalized spacial score (nSPS) is 12.8. The van der Waals surface area contributed by atoms with Gasteiger partial charge in [0.1, 0.15) is 23.0 Å². The third-order valence-corrected chi connectivity index (χ3v) is 4.51. The summed E-state index contributed by atoms with van der Waals surface area (Å²) < 4.78 is 9.97. The molecule has 3 amide bonds. The Morgan fingerprint density at radius 2 is 1.86 bits per heavy atom. The zero-order valence-corrected chi connectivity index (χ0v) is 16.2. The molecule has 1 aliphatic rings. The molecular weight excluding hydrogens is 378 g/mol. The number of hydrogen-bond acceptors (Lipinski definition) is 7. The number of ether oxygens (including phenoxy) is 1. The van der Waals surface area contributed by atoms with E-state index in [1.807, 2.05) is 6.07 Å². The number of anilines is 1. The van der Waals surface area contributed by atoms with Gasteiger partial charge in [0.15, 0.2) is 0 Å². The van der Waals surface area contributed by atoms with Crippen molar-refractivity contribution in [1.82, 2.24) is 4.90 Å². The van der Waals surface area contributed by atoms with E-state index in [4.69, 9.17) is 4.42 Å². The highest BCUT2D eigenvalue weighted by Crippen LogP contribution is 2.29. The maximum Gasteiger partial charge on any atom is 0.342 e. The number of imide groups is 1. The molecule has 0 atom stereocenters. The lowest BCUT2D eigenvalue weighted by atomic mass is 10.1. The van der Waals surface area contributed by atoms with E-state index >= 15 is 0 Å². The van der Waals surface area contributed by atoms with Crippen LogP contribution >= 0.6 is 0 Å². The van der Waals surface area contributed by atoms with Crippen LogP contribution in [0.5, 0.6) is 0 Å². The van der Waals surface area contributed by atoms with Gasteiger partial charge >= 0.3 is 5.97 Å². The van der Waals surface area contributed by atoms with Gasteiger partial charge in [0.05, 0.1) is 18.2 Å². The minimum absolute atomic E-state index is 0.0763. The molecule has 29 heavy (non-hydrogen) atoms. The summed E-state index contributed by atoms with van der Waals surface area (Å²) in [5, 5.41) is 11.8. The molecule has 0 aliphatic carbocycles. The first-order chi connectivity index (χ1) is 13.7. The second kappa shape index (κ2) is 7.24. The number of methoxy groups -OCH3 is 1. The van der Waals surface area contributed by atoms with E-state index in [1.165, 1.54) is 25.1 Å². The van der Waals surface area contributed by atoms with Crippen LogP contribution in [0.25, 0.3) is 0 Å². The third-order valence-electron chi connectivity index (χ3n) is 4.51. The summed E-state index contributed by atoms with van der Waals surface area (Å²) in [6, 6.07) is 5.62. The highest BCUT2D eigenvalue weighted by atomic mass is 16.5. The Labute approximate surface area is 165 Å². The van der Waals surface area contributed by atoms with Crippen molar-refractivity contribution in [1.29, 1.82) is 5.26 Å². The number of carbonyl (C=O) groups is 4. The first kappa shape index (κ1) is 19.8. The van der Waals surface area contributed by atoms with Crippen LogP contribution in [-0.4, -0.2) is 41.7 Å². The second-order valence-corrected chi connectivity index (χ2v) is 6.63. The number of esters is 1. The van der Waals surface area contributed by atoms with Crippen LogP contribution in [0.1, 0.15) is 66.6 Å². The van der Waals surface area contributed by atoms with Crippen molar-refractivity contribution in [2.24, 2.45) is 0 Å². The minimum atomic E-state index is -0.765. The highest BCUT2D eigenvalue weighted by Gasteiger charge is 2.37. The second-order valence-electron chi connectivity index (χ2n) is 6.63. The van der Waals surface area contributed by atoms with Crippen molar-refractivity contribution in [3.05, 3.63) is 51.8 Å².